The van der Waals surface area contributed by atoms with Gasteiger partial charge in [-0.25, -0.2) is 4.79 Å². The van der Waals surface area contributed by atoms with Gasteiger partial charge in [-0.15, -0.1) is 0 Å². The standard InChI is InChI=1S/C10H11N3O3/c1-7(11)10(14)16-13(15)6-12-8-4-2-3-5-9(8)13/h2-7H,11H2,1H3/t7-,13?/m0/s1. The lowest BCUT2D eigenvalue weighted by molar-refractivity contribution is -0.163. The van der Waals surface area contributed by atoms with Gasteiger partial charge >= 0.3 is 5.97 Å². The molecule has 2 N–H and O–H groups in total. The highest BCUT2D eigenvalue weighted by Gasteiger charge is 2.34. The Morgan fingerprint density at radius 1 is 1.56 bits per heavy atom. The van der Waals surface area contributed by atoms with E-state index in [9.17, 15) is 10.0 Å². The zero-order valence-electron chi connectivity index (χ0n) is 8.66. The number of hydrogen-bond acceptors (Lipinski definition) is 5. The minimum absolute atomic E-state index is 0.275. The second kappa shape index (κ2) is 3.67. The highest BCUT2D eigenvalue weighted by Crippen LogP contribution is 2.37. The lowest BCUT2D eigenvalue weighted by Gasteiger charge is -2.30. The van der Waals surface area contributed by atoms with E-state index in [1.54, 1.807) is 24.3 Å². The third-order valence-corrected chi connectivity index (χ3v) is 2.16. The molecule has 1 heterocycles. The van der Waals surface area contributed by atoms with Crippen molar-refractivity contribution in [3.63, 3.8) is 0 Å². The lowest BCUT2D eigenvalue weighted by Crippen LogP contribution is -2.45. The highest BCUT2D eigenvalue weighted by molar-refractivity contribution is 5.90. The van der Waals surface area contributed by atoms with Gasteiger partial charge in [0, 0.05) is 6.07 Å². The molecule has 0 saturated carbocycles. The largest absolute Gasteiger partial charge is 0.578 e. The summed E-state index contributed by atoms with van der Waals surface area (Å²) in [5.74, 6) is -0.766. The van der Waals surface area contributed by atoms with Gasteiger partial charge in [-0.2, -0.15) is 4.99 Å². The van der Waals surface area contributed by atoms with Crippen LogP contribution in [0.5, 0.6) is 0 Å². The van der Waals surface area contributed by atoms with Crippen LogP contribution in [0, 0.1) is 5.21 Å². The van der Waals surface area contributed by atoms with Crippen molar-refractivity contribution in [2.24, 2.45) is 10.7 Å². The summed E-state index contributed by atoms with van der Waals surface area (Å²) in [5, 5.41) is 12.1. The van der Waals surface area contributed by atoms with Gasteiger partial charge in [-0.3, -0.25) is 4.84 Å². The molecule has 2 rings (SSSR count). The first-order chi connectivity index (χ1) is 7.53. The Morgan fingerprint density at radius 2 is 2.25 bits per heavy atom. The van der Waals surface area contributed by atoms with Crippen LogP contribution in [0.2, 0.25) is 0 Å². The third kappa shape index (κ3) is 1.69. The van der Waals surface area contributed by atoms with E-state index in [4.69, 9.17) is 10.6 Å². The average molecular weight is 221 g/mol. The Hall–Kier alpha value is -1.76. The van der Waals surface area contributed by atoms with Gasteiger partial charge in [0.1, 0.15) is 11.7 Å². The van der Waals surface area contributed by atoms with E-state index >= 15 is 0 Å². The average Bonchev–Trinajstić information content (AvgIpc) is 2.57. The molecule has 0 bridgehead atoms. The second-order valence-electron chi connectivity index (χ2n) is 3.53. The fourth-order valence-electron chi connectivity index (χ4n) is 1.33. The smallest absolute Gasteiger partial charge is 0.384 e. The van der Waals surface area contributed by atoms with Crippen molar-refractivity contribution in [2.45, 2.75) is 13.0 Å². The van der Waals surface area contributed by atoms with Gasteiger partial charge in [0.2, 0.25) is 12.0 Å². The predicted octanol–water partition coefficient (Wildman–Crippen LogP) is 0.971. The molecule has 0 aromatic heterocycles. The molecule has 0 radical (unpaired) electrons. The first-order valence-electron chi connectivity index (χ1n) is 4.76. The SMILES string of the molecule is C[C@H](N)C(=O)O[N+]1([O-])C=Nc2ccccc21. The summed E-state index contributed by atoms with van der Waals surface area (Å²) in [6.07, 6.45) is 1.02. The van der Waals surface area contributed by atoms with Crippen molar-refractivity contribution in [3.8, 4) is 0 Å². The maximum Gasteiger partial charge on any atom is 0.384 e. The molecular weight excluding hydrogens is 210 g/mol. The van der Waals surface area contributed by atoms with E-state index < -0.39 is 16.8 Å². The van der Waals surface area contributed by atoms with Gasteiger partial charge in [0.05, 0.1) is 0 Å². The van der Waals surface area contributed by atoms with E-state index in [0.29, 0.717) is 5.69 Å². The summed E-state index contributed by atoms with van der Waals surface area (Å²) in [6, 6.07) is 5.81. The summed E-state index contributed by atoms with van der Waals surface area (Å²) in [6.45, 7) is 1.45. The number of benzene rings is 1. The zero-order valence-corrected chi connectivity index (χ0v) is 8.66. The molecule has 1 aromatic carbocycles. The number of carbonyl (C=O) groups excluding carboxylic acids is 1. The number of quaternary nitrogens is 1. The van der Waals surface area contributed by atoms with E-state index in [1.807, 2.05) is 0 Å². The van der Waals surface area contributed by atoms with Gasteiger partial charge in [-0.05, 0) is 13.0 Å². The zero-order chi connectivity index (χ0) is 11.8. The van der Waals surface area contributed by atoms with Crippen LogP contribution in [0.15, 0.2) is 29.3 Å². The monoisotopic (exact) mass is 221 g/mol. The summed E-state index contributed by atoms with van der Waals surface area (Å²) >= 11 is 0. The molecule has 0 amide bonds. The van der Waals surface area contributed by atoms with Gasteiger partial charge in [-0.1, -0.05) is 16.9 Å². The van der Waals surface area contributed by atoms with Gasteiger partial charge < -0.3 is 10.9 Å². The van der Waals surface area contributed by atoms with Crippen LogP contribution < -0.4 is 10.5 Å². The van der Waals surface area contributed by atoms with Crippen LogP contribution in [0.25, 0.3) is 0 Å². The highest BCUT2D eigenvalue weighted by atomic mass is 16.9. The normalized spacial score (nSPS) is 23.9. The van der Waals surface area contributed by atoms with Crippen LogP contribution in [0.1, 0.15) is 6.92 Å². The number of nitrogens with zero attached hydrogens (tertiary/aromatic N) is 2. The quantitative estimate of drug-likeness (QED) is 0.595. The van der Waals surface area contributed by atoms with Crippen molar-refractivity contribution >= 4 is 23.7 Å². The molecule has 1 aliphatic heterocycles. The van der Waals surface area contributed by atoms with Crippen molar-refractivity contribution < 1.29 is 9.63 Å². The van der Waals surface area contributed by atoms with E-state index in [1.165, 1.54) is 6.92 Å². The summed E-state index contributed by atoms with van der Waals surface area (Å²) < 4.78 is 0. The Labute approximate surface area is 92.1 Å². The Bertz CT molecular complexity index is 458. The first kappa shape index (κ1) is 10.7. The molecule has 84 valence electrons. The van der Waals surface area contributed by atoms with Crippen LogP contribution >= 0.6 is 0 Å². The van der Waals surface area contributed by atoms with E-state index in [2.05, 4.69) is 4.99 Å². The number of fused-ring (bicyclic) bond motifs is 1. The fraction of sp³-hybridized carbons (Fsp3) is 0.200. The molecule has 0 fully saturated rings. The molecule has 16 heavy (non-hydrogen) atoms. The number of nitrogens with two attached hydrogens (primary N) is 1. The fourth-order valence-corrected chi connectivity index (χ4v) is 1.33. The second-order valence-corrected chi connectivity index (χ2v) is 3.53. The lowest BCUT2D eigenvalue weighted by atomic mass is 10.3. The maximum absolute atomic E-state index is 12.1. The number of rotatable bonds is 2. The number of para-hydroxylation sites is 2. The molecular formula is C10H11N3O3. The third-order valence-electron chi connectivity index (χ3n) is 2.16. The maximum atomic E-state index is 12.1. The molecule has 6 heteroatoms. The first-order valence-corrected chi connectivity index (χ1v) is 4.76. The number of hydrogen-bond donors (Lipinski definition) is 1. The molecule has 1 unspecified atom stereocenters. The molecule has 6 nitrogen and oxygen atoms in total. The molecule has 1 aromatic rings. The van der Waals surface area contributed by atoms with Crippen molar-refractivity contribution in [3.05, 3.63) is 29.5 Å². The van der Waals surface area contributed by atoms with E-state index in [0.717, 1.165) is 6.34 Å². The van der Waals surface area contributed by atoms with Crippen molar-refractivity contribution in [1.82, 2.24) is 4.81 Å². The number of aliphatic imine (C=N–C) groups is 1. The van der Waals surface area contributed by atoms with Crippen LogP contribution in [0.4, 0.5) is 11.4 Å². The molecule has 0 spiro atoms. The minimum atomic E-state index is -1.34. The van der Waals surface area contributed by atoms with Crippen LogP contribution in [0.3, 0.4) is 0 Å². The summed E-state index contributed by atoms with van der Waals surface area (Å²) in [7, 11) is 0. The topological polar surface area (TPSA) is 87.7 Å². The predicted molar refractivity (Wildman–Crippen MR) is 59.5 cm³/mol. The molecule has 0 aliphatic carbocycles. The Morgan fingerprint density at radius 3 is 2.94 bits per heavy atom. The minimum Gasteiger partial charge on any atom is -0.578 e. The Kier molecular flexibility index (Phi) is 2.47. The molecule has 1 aliphatic rings. The number of carbonyl (C=O) groups is 1. The van der Waals surface area contributed by atoms with Crippen molar-refractivity contribution in [2.75, 3.05) is 0 Å². The Balaban J connectivity index is 2.29. The van der Waals surface area contributed by atoms with Gasteiger partial charge in [0.15, 0.2) is 0 Å². The van der Waals surface area contributed by atoms with Crippen LogP contribution in [-0.4, -0.2) is 18.3 Å². The molecule has 0 saturated heterocycles. The summed E-state index contributed by atoms with van der Waals surface area (Å²) in [5.41, 5.74) is 6.09. The van der Waals surface area contributed by atoms with Crippen molar-refractivity contribution in [1.29, 1.82) is 0 Å². The summed E-state index contributed by atoms with van der Waals surface area (Å²) in [4.78, 5) is 18.6. The molecule has 2 atom stereocenters. The van der Waals surface area contributed by atoms with Gasteiger partial charge in [0.25, 0.3) is 0 Å². The van der Waals surface area contributed by atoms with Crippen LogP contribution in [-0.2, 0) is 9.63 Å². The number of hydroxylamine groups is 2. The van der Waals surface area contributed by atoms with E-state index in [-0.39, 0.29) is 5.69 Å².